The molecule has 226 valence electrons. The lowest BCUT2D eigenvalue weighted by molar-refractivity contribution is -0.290. The first-order chi connectivity index (χ1) is 21.4. The van der Waals surface area contributed by atoms with Gasteiger partial charge in [0.2, 0.25) is 0 Å². The lowest BCUT2D eigenvalue weighted by atomic mass is 9.98. The van der Waals surface area contributed by atoms with Crippen molar-refractivity contribution in [2.24, 2.45) is 0 Å². The number of ether oxygens (including phenoxy) is 6. The minimum absolute atomic E-state index is 0.0692. The van der Waals surface area contributed by atoms with Crippen LogP contribution in [-0.2, 0) is 28.4 Å². The summed E-state index contributed by atoms with van der Waals surface area (Å²) in [6, 6.07) is 24.9. The highest BCUT2D eigenvalue weighted by molar-refractivity contribution is 7.80. The van der Waals surface area contributed by atoms with Crippen molar-refractivity contribution in [2.75, 3.05) is 13.7 Å². The highest BCUT2D eigenvalue weighted by Gasteiger charge is 2.53. The van der Waals surface area contributed by atoms with Gasteiger partial charge in [0.25, 0.3) is 5.17 Å². The molecule has 1 fully saturated rings. The zero-order valence-corrected chi connectivity index (χ0v) is 24.3. The van der Waals surface area contributed by atoms with Gasteiger partial charge in [0.05, 0.1) is 16.7 Å². The Kier molecular flexibility index (Phi) is 10.1. The molecule has 2 heterocycles. The summed E-state index contributed by atoms with van der Waals surface area (Å²) in [5.41, 5.74) is 0.810. The predicted molar refractivity (Wildman–Crippen MR) is 159 cm³/mol. The summed E-state index contributed by atoms with van der Waals surface area (Å²) in [6.45, 7) is -0.344. The molecule has 1 aliphatic heterocycles. The second kappa shape index (κ2) is 14.5. The maximum absolute atomic E-state index is 13.4. The van der Waals surface area contributed by atoms with E-state index in [9.17, 15) is 14.4 Å². The Morgan fingerprint density at radius 2 is 1.27 bits per heavy atom. The molecule has 1 aromatic heterocycles. The zero-order valence-electron chi connectivity index (χ0n) is 23.5. The Hall–Kier alpha value is -4.91. The number of rotatable bonds is 9. The first kappa shape index (κ1) is 30.5. The minimum atomic E-state index is -1.34. The summed E-state index contributed by atoms with van der Waals surface area (Å²) in [5, 5.41) is -0.0692. The molecule has 44 heavy (non-hydrogen) atoms. The molecular formula is C32H28N2O9S. The summed E-state index contributed by atoms with van der Waals surface area (Å²) in [4.78, 5) is 43.4. The van der Waals surface area contributed by atoms with Crippen LogP contribution in [0.2, 0.25) is 0 Å². The monoisotopic (exact) mass is 616 g/mol. The Balaban J connectivity index is 1.49. The summed E-state index contributed by atoms with van der Waals surface area (Å²) >= 11 is 5.50. The van der Waals surface area contributed by atoms with Crippen molar-refractivity contribution in [3.63, 3.8) is 0 Å². The van der Waals surface area contributed by atoms with Crippen molar-refractivity contribution in [2.45, 2.75) is 30.7 Å². The van der Waals surface area contributed by atoms with Crippen LogP contribution in [0.15, 0.2) is 110 Å². The average molecular weight is 617 g/mol. The minimum Gasteiger partial charge on any atom is -0.460 e. The van der Waals surface area contributed by atoms with Crippen LogP contribution in [0.3, 0.4) is 0 Å². The van der Waals surface area contributed by atoms with E-state index in [1.807, 2.05) is 0 Å². The molecule has 0 amide bonds. The molecule has 0 aliphatic carbocycles. The average Bonchev–Trinajstić information content (AvgIpc) is 3.62. The van der Waals surface area contributed by atoms with E-state index >= 15 is 0 Å². The highest BCUT2D eigenvalue weighted by atomic mass is 32.1. The fourth-order valence-electron chi connectivity index (χ4n) is 4.50. The SMILES string of the molecule is CO[C@H]1O[C@H](COC(=O)c2ccccc2)[C@@H](OC(=S)n2ccnc2)[C@H](OC(=O)c2ccccc2)[C@@H]1OC(=O)c1ccccc1. The van der Waals surface area contributed by atoms with E-state index in [0.717, 1.165) is 0 Å². The van der Waals surface area contributed by atoms with E-state index in [1.165, 1.54) is 24.2 Å². The predicted octanol–water partition coefficient (Wildman–Crippen LogP) is 4.08. The van der Waals surface area contributed by atoms with Gasteiger partial charge in [0.1, 0.15) is 19.0 Å². The third kappa shape index (κ3) is 7.35. The van der Waals surface area contributed by atoms with Gasteiger partial charge in [-0.3, -0.25) is 4.57 Å². The van der Waals surface area contributed by atoms with Gasteiger partial charge in [-0.05, 0) is 48.6 Å². The van der Waals surface area contributed by atoms with E-state index in [4.69, 9.17) is 40.6 Å². The zero-order chi connectivity index (χ0) is 30.9. The van der Waals surface area contributed by atoms with Gasteiger partial charge >= 0.3 is 17.9 Å². The number of benzene rings is 3. The number of esters is 3. The molecule has 0 N–H and O–H groups in total. The van der Waals surface area contributed by atoms with E-state index < -0.39 is 48.6 Å². The molecule has 3 aromatic carbocycles. The van der Waals surface area contributed by atoms with Crippen molar-refractivity contribution in [1.82, 2.24) is 9.55 Å². The molecule has 1 saturated heterocycles. The van der Waals surface area contributed by atoms with E-state index in [-0.39, 0.29) is 22.9 Å². The topological polar surface area (TPSA) is 124 Å². The summed E-state index contributed by atoms with van der Waals surface area (Å²) in [7, 11) is 1.34. The van der Waals surface area contributed by atoms with Crippen molar-refractivity contribution in [3.05, 3.63) is 126 Å². The fraction of sp³-hybridized carbons (Fsp3) is 0.219. The number of carbonyl (C=O) groups is 3. The number of nitrogens with zero attached hydrogens (tertiary/aromatic N) is 2. The van der Waals surface area contributed by atoms with Crippen LogP contribution in [0, 0.1) is 0 Å². The number of hydrogen-bond donors (Lipinski definition) is 0. The number of aromatic nitrogens is 2. The van der Waals surface area contributed by atoms with Crippen LogP contribution in [0.4, 0.5) is 0 Å². The summed E-state index contributed by atoms with van der Waals surface area (Å²) in [6.07, 6.45) is -1.75. The second-order valence-corrected chi connectivity index (χ2v) is 9.88. The van der Waals surface area contributed by atoms with Crippen LogP contribution in [0.1, 0.15) is 31.1 Å². The fourth-order valence-corrected chi connectivity index (χ4v) is 4.71. The molecule has 12 heteroatoms. The Labute approximate surface area is 258 Å². The third-order valence-electron chi connectivity index (χ3n) is 6.67. The van der Waals surface area contributed by atoms with Gasteiger partial charge in [-0.1, -0.05) is 54.6 Å². The van der Waals surface area contributed by atoms with Gasteiger partial charge in [0, 0.05) is 19.5 Å². The molecule has 4 aromatic rings. The molecule has 5 rings (SSSR count). The molecule has 0 spiro atoms. The lowest BCUT2D eigenvalue weighted by Crippen LogP contribution is -2.63. The van der Waals surface area contributed by atoms with E-state index in [1.54, 1.807) is 97.2 Å². The Morgan fingerprint density at radius 1 is 0.750 bits per heavy atom. The second-order valence-electron chi connectivity index (χ2n) is 9.53. The van der Waals surface area contributed by atoms with E-state index in [0.29, 0.717) is 5.56 Å². The molecule has 5 atom stereocenters. The van der Waals surface area contributed by atoms with E-state index in [2.05, 4.69) is 4.98 Å². The maximum atomic E-state index is 13.4. The smallest absolute Gasteiger partial charge is 0.338 e. The molecule has 0 unspecified atom stereocenters. The molecule has 0 bridgehead atoms. The number of hydrogen-bond acceptors (Lipinski definition) is 11. The van der Waals surface area contributed by atoms with Crippen molar-refractivity contribution in [1.29, 1.82) is 0 Å². The van der Waals surface area contributed by atoms with Gasteiger partial charge < -0.3 is 28.4 Å². The number of thiocarbonyl (C=S) groups is 1. The normalized spacial score (nSPS) is 21.1. The van der Waals surface area contributed by atoms with Gasteiger partial charge in [-0.25, -0.2) is 19.4 Å². The Bertz CT molecular complexity index is 1550. The molecule has 11 nitrogen and oxygen atoms in total. The molecule has 0 saturated carbocycles. The van der Waals surface area contributed by atoms with Crippen LogP contribution >= 0.6 is 12.2 Å². The third-order valence-corrected chi connectivity index (χ3v) is 6.98. The summed E-state index contributed by atoms with van der Waals surface area (Å²) < 4.78 is 36.7. The Morgan fingerprint density at radius 3 is 1.77 bits per heavy atom. The van der Waals surface area contributed by atoms with Crippen LogP contribution in [-0.4, -0.2) is 77.1 Å². The molecule has 1 aliphatic rings. The van der Waals surface area contributed by atoms with Gasteiger partial charge in [-0.2, -0.15) is 0 Å². The van der Waals surface area contributed by atoms with Crippen molar-refractivity contribution in [3.8, 4) is 0 Å². The largest absolute Gasteiger partial charge is 0.460 e. The molecular weight excluding hydrogens is 588 g/mol. The van der Waals surface area contributed by atoms with Crippen LogP contribution in [0.25, 0.3) is 0 Å². The summed E-state index contributed by atoms with van der Waals surface area (Å²) in [5.74, 6) is -2.06. The van der Waals surface area contributed by atoms with Crippen LogP contribution < -0.4 is 0 Å². The van der Waals surface area contributed by atoms with Gasteiger partial charge in [-0.15, -0.1) is 0 Å². The van der Waals surface area contributed by atoms with Crippen molar-refractivity contribution < 1.29 is 42.8 Å². The number of imidazole rings is 1. The van der Waals surface area contributed by atoms with Crippen molar-refractivity contribution >= 4 is 35.3 Å². The first-order valence-electron chi connectivity index (χ1n) is 13.6. The van der Waals surface area contributed by atoms with Crippen LogP contribution in [0.5, 0.6) is 0 Å². The molecule has 0 radical (unpaired) electrons. The highest BCUT2D eigenvalue weighted by Crippen LogP contribution is 2.31. The standard InChI is InChI=1S/C32H28N2O9S/c1-38-31-27(42-30(37)23-15-9-4-10-16-23)26(41-29(36)22-13-7-3-8-14-22)25(43-32(44)34-18-17-33-20-34)24(40-31)19-39-28(35)21-11-5-2-6-12-21/h2-18,20,24-27,31H,19H2,1H3/t24-,25-,26+,27+,31+/m1/s1. The number of carbonyl (C=O) groups excluding carboxylic acids is 3. The first-order valence-corrected chi connectivity index (χ1v) is 14.0. The van der Waals surface area contributed by atoms with Gasteiger partial charge in [0.15, 0.2) is 24.6 Å². The lowest BCUT2D eigenvalue weighted by Gasteiger charge is -2.44. The maximum Gasteiger partial charge on any atom is 0.338 e. The quantitative estimate of drug-likeness (QED) is 0.153. The number of methoxy groups -OCH3 is 1.